The maximum absolute atomic E-state index is 12.7. The molecule has 0 aliphatic carbocycles. The average Bonchev–Trinajstić information content (AvgIpc) is 2.97. The Kier molecular flexibility index (Phi) is 4.19. The summed E-state index contributed by atoms with van der Waals surface area (Å²) in [6.07, 6.45) is -2.34. The van der Waals surface area contributed by atoms with Crippen molar-refractivity contribution in [1.82, 2.24) is 9.55 Å². The van der Waals surface area contributed by atoms with Crippen LogP contribution in [0.15, 0.2) is 58.0 Å². The second-order valence-corrected chi connectivity index (χ2v) is 5.44. The van der Waals surface area contributed by atoms with E-state index in [9.17, 15) is 18.0 Å². The second kappa shape index (κ2) is 6.16. The van der Waals surface area contributed by atoms with Gasteiger partial charge in [-0.1, -0.05) is 11.6 Å². The van der Waals surface area contributed by atoms with Gasteiger partial charge >= 0.3 is 6.18 Å². The van der Waals surface area contributed by atoms with E-state index in [1.54, 1.807) is 24.3 Å². The molecule has 8 heteroatoms. The fraction of sp³-hybridized carbons (Fsp3) is 0.125. The zero-order chi connectivity index (χ0) is 17.3. The first kappa shape index (κ1) is 16.3. The molecule has 124 valence electrons. The molecule has 0 aliphatic heterocycles. The first-order valence-corrected chi connectivity index (χ1v) is 7.19. The van der Waals surface area contributed by atoms with Crippen LogP contribution in [0.1, 0.15) is 11.5 Å². The zero-order valence-electron chi connectivity index (χ0n) is 12.0. The Labute approximate surface area is 139 Å². The lowest BCUT2D eigenvalue weighted by atomic mass is 10.2. The number of nitrogens with zero attached hydrogens (tertiary/aromatic N) is 2. The molecular weight excluding hydrogens is 345 g/mol. The SMILES string of the molecule is O=c1ccc(C(F)(F)F)cn1Cc1ncc(-c2ccc(Cl)cc2)o1. The van der Waals surface area contributed by atoms with Gasteiger partial charge in [0.1, 0.15) is 6.54 Å². The van der Waals surface area contributed by atoms with Crippen LogP contribution in [0.5, 0.6) is 0 Å². The van der Waals surface area contributed by atoms with E-state index >= 15 is 0 Å². The molecule has 3 aromatic rings. The molecule has 0 unspecified atom stereocenters. The third-order valence-electron chi connectivity index (χ3n) is 3.30. The van der Waals surface area contributed by atoms with E-state index in [0.717, 1.165) is 28.5 Å². The number of pyridine rings is 1. The van der Waals surface area contributed by atoms with Crippen LogP contribution in [0.4, 0.5) is 13.2 Å². The van der Waals surface area contributed by atoms with Crippen LogP contribution in [-0.4, -0.2) is 9.55 Å². The van der Waals surface area contributed by atoms with Crippen molar-refractivity contribution in [2.45, 2.75) is 12.7 Å². The van der Waals surface area contributed by atoms with Gasteiger partial charge in [0, 0.05) is 22.8 Å². The number of alkyl halides is 3. The molecule has 1 aromatic carbocycles. The molecule has 0 saturated carbocycles. The molecule has 24 heavy (non-hydrogen) atoms. The fourth-order valence-corrected chi connectivity index (χ4v) is 2.23. The normalized spacial score (nSPS) is 11.7. The molecule has 2 aromatic heterocycles. The van der Waals surface area contributed by atoms with Crippen molar-refractivity contribution in [3.05, 3.63) is 75.6 Å². The lowest BCUT2D eigenvalue weighted by Crippen LogP contribution is -2.22. The molecule has 3 rings (SSSR count). The Hall–Kier alpha value is -2.54. The summed E-state index contributed by atoms with van der Waals surface area (Å²) in [6, 6.07) is 8.41. The Bertz CT molecular complexity index is 914. The maximum atomic E-state index is 12.7. The van der Waals surface area contributed by atoms with Gasteiger partial charge in [-0.25, -0.2) is 4.98 Å². The first-order chi connectivity index (χ1) is 11.3. The van der Waals surface area contributed by atoms with Crippen molar-refractivity contribution in [1.29, 1.82) is 0 Å². The molecule has 0 amide bonds. The molecular formula is C16H10ClF3N2O2. The molecule has 0 spiro atoms. The van der Waals surface area contributed by atoms with E-state index in [0.29, 0.717) is 10.8 Å². The molecule has 0 saturated heterocycles. The third kappa shape index (κ3) is 3.51. The van der Waals surface area contributed by atoms with Crippen LogP contribution in [0.3, 0.4) is 0 Å². The van der Waals surface area contributed by atoms with E-state index < -0.39 is 17.3 Å². The smallest absolute Gasteiger partial charge is 0.417 e. The largest absolute Gasteiger partial charge is 0.439 e. The fourth-order valence-electron chi connectivity index (χ4n) is 2.10. The molecule has 0 atom stereocenters. The Morgan fingerprint density at radius 2 is 1.83 bits per heavy atom. The average molecular weight is 355 g/mol. The van der Waals surface area contributed by atoms with Gasteiger partial charge in [-0.15, -0.1) is 0 Å². The minimum absolute atomic E-state index is 0.126. The summed E-state index contributed by atoms with van der Waals surface area (Å²) >= 11 is 5.80. The molecule has 0 bridgehead atoms. The van der Waals surface area contributed by atoms with Crippen LogP contribution >= 0.6 is 11.6 Å². The molecule has 0 aliphatic rings. The molecule has 0 radical (unpaired) electrons. The van der Waals surface area contributed by atoms with Gasteiger partial charge in [-0.05, 0) is 30.3 Å². The van der Waals surface area contributed by atoms with Crippen molar-refractivity contribution >= 4 is 11.6 Å². The Balaban J connectivity index is 1.87. The van der Waals surface area contributed by atoms with E-state index in [-0.39, 0.29) is 12.4 Å². The standard InChI is InChI=1S/C16H10ClF3N2O2/c17-12-4-1-10(2-5-12)13-7-21-14(24-13)9-22-8-11(16(18,19)20)3-6-15(22)23/h1-8H,9H2. The highest BCUT2D eigenvalue weighted by Gasteiger charge is 2.31. The number of benzene rings is 1. The number of hydrogen-bond acceptors (Lipinski definition) is 3. The predicted octanol–water partition coefficient (Wildman–Crippen LogP) is 4.22. The van der Waals surface area contributed by atoms with Crippen LogP contribution < -0.4 is 5.56 Å². The molecule has 0 fully saturated rings. The lowest BCUT2D eigenvalue weighted by Gasteiger charge is -2.09. The summed E-state index contributed by atoms with van der Waals surface area (Å²) in [4.78, 5) is 15.7. The Morgan fingerprint density at radius 1 is 1.12 bits per heavy atom. The third-order valence-corrected chi connectivity index (χ3v) is 3.55. The summed E-state index contributed by atoms with van der Waals surface area (Å²) in [6.45, 7) is -0.198. The number of aromatic nitrogens is 2. The van der Waals surface area contributed by atoms with Crippen LogP contribution in [0.2, 0.25) is 5.02 Å². The second-order valence-electron chi connectivity index (χ2n) is 5.01. The highest BCUT2D eigenvalue weighted by Crippen LogP contribution is 2.28. The van der Waals surface area contributed by atoms with E-state index in [1.165, 1.54) is 6.20 Å². The molecule has 0 N–H and O–H groups in total. The lowest BCUT2D eigenvalue weighted by molar-refractivity contribution is -0.138. The van der Waals surface area contributed by atoms with Gasteiger partial charge in [0.15, 0.2) is 5.76 Å². The quantitative estimate of drug-likeness (QED) is 0.707. The number of rotatable bonds is 3. The highest BCUT2D eigenvalue weighted by atomic mass is 35.5. The number of oxazole rings is 1. The van der Waals surface area contributed by atoms with Gasteiger partial charge < -0.3 is 8.98 Å². The van der Waals surface area contributed by atoms with Gasteiger partial charge in [-0.2, -0.15) is 13.2 Å². The van der Waals surface area contributed by atoms with Crippen LogP contribution in [0, 0.1) is 0 Å². The van der Waals surface area contributed by atoms with Crippen molar-refractivity contribution in [2.75, 3.05) is 0 Å². The Morgan fingerprint density at radius 3 is 2.50 bits per heavy atom. The van der Waals surface area contributed by atoms with E-state index in [2.05, 4.69) is 4.98 Å². The zero-order valence-corrected chi connectivity index (χ0v) is 12.8. The summed E-state index contributed by atoms with van der Waals surface area (Å²) in [5.74, 6) is 0.558. The van der Waals surface area contributed by atoms with Gasteiger partial charge in [-0.3, -0.25) is 4.79 Å². The van der Waals surface area contributed by atoms with Crippen molar-refractivity contribution in [3.8, 4) is 11.3 Å². The molecule has 2 heterocycles. The highest BCUT2D eigenvalue weighted by molar-refractivity contribution is 6.30. The van der Waals surface area contributed by atoms with Gasteiger partial charge in [0.2, 0.25) is 5.89 Å². The minimum Gasteiger partial charge on any atom is -0.439 e. The van der Waals surface area contributed by atoms with Crippen molar-refractivity contribution in [2.24, 2.45) is 0 Å². The topological polar surface area (TPSA) is 48.0 Å². The van der Waals surface area contributed by atoms with Crippen molar-refractivity contribution in [3.63, 3.8) is 0 Å². The van der Waals surface area contributed by atoms with Crippen LogP contribution in [0.25, 0.3) is 11.3 Å². The summed E-state index contributed by atoms with van der Waals surface area (Å²) < 4.78 is 44.6. The summed E-state index contributed by atoms with van der Waals surface area (Å²) in [5, 5.41) is 0.564. The van der Waals surface area contributed by atoms with Crippen LogP contribution in [-0.2, 0) is 12.7 Å². The predicted molar refractivity (Wildman–Crippen MR) is 81.8 cm³/mol. The number of hydrogen-bond donors (Lipinski definition) is 0. The monoisotopic (exact) mass is 354 g/mol. The van der Waals surface area contributed by atoms with Gasteiger partial charge in [0.05, 0.1) is 11.8 Å². The van der Waals surface area contributed by atoms with Crippen molar-refractivity contribution < 1.29 is 17.6 Å². The van der Waals surface area contributed by atoms with E-state index in [4.69, 9.17) is 16.0 Å². The van der Waals surface area contributed by atoms with E-state index in [1.807, 2.05) is 0 Å². The summed E-state index contributed by atoms with van der Waals surface area (Å²) in [7, 11) is 0. The maximum Gasteiger partial charge on any atom is 0.417 e. The molecule has 4 nitrogen and oxygen atoms in total. The minimum atomic E-state index is -4.53. The summed E-state index contributed by atoms with van der Waals surface area (Å²) in [5.41, 5.74) is -0.768. The number of halogens is 4. The van der Waals surface area contributed by atoms with Gasteiger partial charge in [0.25, 0.3) is 5.56 Å². The first-order valence-electron chi connectivity index (χ1n) is 6.81.